The molecule has 1 heterocycles. The Balaban J connectivity index is 1.63. The van der Waals surface area contributed by atoms with E-state index in [4.69, 9.17) is 16.3 Å². The molecular formula is C20H14ClN3O2S. The summed E-state index contributed by atoms with van der Waals surface area (Å²) in [6.07, 6.45) is 3.10. The Morgan fingerprint density at radius 2 is 1.96 bits per heavy atom. The lowest BCUT2D eigenvalue weighted by molar-refractivity contribution is -0.112. The quantitative estimate of drug-likeness (QED) is 0.474. The SMILES string of the molecule is N#C/C(=C\c1ccc(OCc2ccc(Cl)cc2)cc1)C(=O)Nc1nccs1. The lowest BCUT2D eigenvalue weighted by atomic mass is 10.1. The van der Waals surface area contributed by atoms with Crippen LogP contribution < -0.4 is 10.1 Å². The second-order valence-corrected chi connectivity index (χ2v) is 6.78. The van der Waals surface area contributed by atoms with Gasteiger partial charge >= 0.3 is 0 Å². The standard InChI is InChI=1S/C20H14ClN3O2S/c21-17-5-1-15(2-6-17)13-26-18-7-3-14(4-8-18)11-16(12-22)19(25)24-20-23-9-10-27-20/h1-11H,13H2,(H,23,24,25)/b16-11+. The molecule has 0 fully saturated rings. The minimum atomic E-state index is -0.490. The average molecular weight is 396 g/mol. The Morgan fingerprint density at radius 1 is 1.22 bits per heavy atom. The molecule has 0 spiro atoms. The van der Waals surface area contributed by atoms with Crippen LogP contribution in [0.1, 0.15) is 11.1 Å². The van der Waals surface area contributed by atoms with E-state index in [1.54, 1.807) is 35.8 Å². The van der Waals surface area contributed by atoms with Crippen molar-refractivity contribution in [3.8, 4) is 11.8 Å². The zero-order valence-electron chi connectivity index (χ0n) is 14.1. The summed E-state index contributed by atoms with van der Waals surface area (Å²) in [6.45, 7) is 0.423. The molecule has 27 heavy (non-hydrogen) atoms. The molecule has 3 rings (SSSR count). The van der Waals surface area contributed by atoms with Crippen LogP contribution in [-0.2, 0) is 11.4 Å². The van der Waals surface area contributed by atoms with Crippen molar-refractivity contribution in [1.82, 2.24) is 4.98 Å². The summed E-state index contributed by atoms with van der Waals surface area (Å²) in [5, 5.41) is 14.7. The number of carbonyl (C=O) groups is 1. The molecule has 1 N–H and O–H groups in total. The van der Waals surface area contributed by atoms with Crippen LogP contribution in [0.15, 0.2) is 65.7 Å². The van der Waals surface area contributed by atoms with Crippen molar-refractivity contribution < 1.29 is 9.53 Å². The number of thiazole rings is 1. The smallest absolute Gasteiger partial charge is 0.268 e. The molecule has 2 aromatic carbocycles. The topological polar surface area (TPSA) is 75.0 Å². The second-order valence-electron chi connectivity index (χ2n) is 5.45. The molecule has 0 radical (unpaired) electrons. The Morgan fingerprint density at radius 3 is 2.59 bits per heavy atom. The van der Waals surface area contributed by atoms with E-state index in [0.29, 0.717) is 22.5 Å². The van der Waals surface area contributed by atoms with Gasteiger partial charge in [0, 0.05) is 16.6 Å². The van der Waals surface area contributed by atoms with Gasteiger partial charge in [-0.25, -0.2) is 4.98 Å². The molecule has 0 saturated carbocycles. The van der Waals surface area contributed by atoms with E-state index in [9.17, 15) is 10.1 Å². The summed E-state index contributed by atoms with van der Waals surface area (Å²) in [6, 6.07) is 16.5. The van der Waals surface area contributed by atoms with Crippen LogP contribution in [0.3, 0.4) is 0 Å². The molecule has 0 unspecified atom stereocenters. The number of hydrogen-bond acceptors (Lipinski definition) is 5. The predicted octanol–water partition coefficient (Wildman–Crippen LogP) is 4.92. The maximum atomic E-state index is 12.1. The Kier molecular flexibility index (Phi) is 6.21. The van der Waals surface area contributed by atoms with Crippen LogP contribution >= 0.6 is 22.9 Å². The highest BCUT2D eigenvalue weighted by atomic mass is 35.5. The van der Waals surface area contributed by atoms with E-state index in [-0.39, 0.29) is 5.57 Å². The fraction of sp³-hybridized carbons (Fsp3) is 0.0500. The fourth-order valence-electron chi connectivity index (χ4n) is 2.17. The zero-order valence-corrected chi connectivity index (χ0v) is 15.6. The largest absolute Gasteiger partial charge is 0.489 e. The van der Waals surface area contributed by atoms with Gasteiger partial charge in [0.1, 0.15) is 24.0 Å². The van der Waals surface area contributed by atoms with Crippen molar-refractivity contribution in [2.24, 2.45) is 0 Å². The number of nitrogens with one attached hydrogen (secondary N) is 1. The number of benzene rings is 2. The van der Waals surface area contributed by atoms with Crippen molar-refractivity contribution in [2.45, 2.75) is 6.61 Å². The molecule has 0 bridgehead atoms. The Labute approximate surface area is 165 Å². The third kappa shape index (κ3) is 5.42. The number of anilines is 1. The van der Waals surface area contributed by atoms with Gasteiger partial charge in [-0.1, -0.05) is 35.9 Å². The number of rotatable bonds is 6. The van der Waals surface area contributed by atoms with E-state index in [2.05, 4.69) is 10.3 Å². The molecule has 0 aliphatic heterocycles. The predicted molar refractivity (Wildman–Crippen MR) is 107 cm³/mol. The second kappa shape index (κ2) is 8.99. The molecule has 0 atom stereocenters. The molecule has 1 amide bonds. The van der Waals surface area contributed by atoms with Crippen LogP contribution in [0.4, 0.5) is 5.13 Å². The van der Waals surface area contributed by atoms with Gasteiger partial charge < -0.3 is 4.74 Å². The molecule has 0 aliphatic rings. The van der Waals surface area contributed by atoms with E-state index in [0.717, 1.165) is 11.1 Å². The van der Waals surface area contributed by atoms with E-state index in [1.165, 1.54) is 17.4 Å². The molecule has 0 aliphatic carbocycles. The van der Waals surface area contributed by atoms with Gasteiger partial charge in [-0.2, -0.15) is 5.26 Å². The van der Waals surface area contributed by atoms with E-state index < -0.39 is 5.91 Å². The Hall–Kier alpha value is -3.14. The summed E-state index contributed by atoms with van der Waals surface area (Å²) in [5.74, 6) is 0.198. The van der Waals surface area contributed by atoms with E-state index >= 15 is 0 Å². The van der Waals surface area contributed by atoms with Gasteiger partial charge in [0.05, 0.1) is 0 Å². The maximum absolute atomic E-state index is 12.1. The summed E-state index contributed by atoms with van der Waals surface area (Å²) in [7, 11) is 0. The number of nitriles is 1. The van der Waals surface area contributed by atoms with Gasteiger partial charge in [-0.3, -0.25) is 10.1 Å². The van der Waals surface area contributed by atoms with Crippen molar-refractivity contribution in [3.05, 3.63) is 81.8 Å². The van der Waals surface area contributed by atoms with Crippen LogP contribution in [0, 0.1) is 11.3 Å². The fourth-order valence-corrected chi connectivity index (χ4v) is 2.82. The van der Waals surface area contributed by atoms with Gasteiger partial charge in [0.15, 0.2) is 5.13 Å². The van der Waals surface area contributed by atoms with Crippen molar-refractivity contribution >= 4 is 40.1 Å². The van der Waals surface area contributed by atoms with Crippen molar-refractivity contribution in [1.29, 1.82) is 5.26 Å². The summed E-state index contributed by atoms with van der Waals surface area (Å²) >= 11 is 7.15. The highest BCUT2D eigenvalue weighted by Crippen LogP contribution is 2.18. The molecule has 5 nitrogen and oxygen atoms in total. The zero-order chi connectivity index (χ0) is 19.1. The highest BCUT2D eigenvalue weighted by Gasteiger charge is 2.10. The average Bonchev–Trinajstić information content (AvgIpc) is 3.19. The number of ether oxygens (including phenoxy) is 1. The van der Waals surface area contributed by atoms with Gasteiger partial charge in [0.2, 0.25) is 0 Å². The number of nitrogens with zero attached hydrogens (tertiary/aromatic N) is 2. The number of carbonyl (C=O) groups excluding carboxylic acids is 1. The number of hydrogen-bond donors (Lipinski definition) is 1. The lowest BCUT2D eigenvalue weighted by Gasteiger charge is -2.07. The van der Waals surface area contributed by atoms with Gasteiger partial charge in [-0.15, -0.1) is 11.3 Å². The molecule has 3 aromatic rings. The molecule has 1 aromatic heterocycles. The Bertz CT molecular complexity index is 976. The van der Waals surface area contributed by atoms with Crippen LogP contribution in [0.2, 0.25) is 5.02 Å². The van der Waals surface area contributed by atoms with Gasteiger partial charge in [0.25, 0.3) is 5.91 Å². The first-order chi connectivity index (χ1) is 13.1. The highest BCUT2D eigenvalue weighted by molar-refractivity contribution is 7.13. The minimum Gasteiger partial charge on any atom is -0.489 e. The van der Waals surface area contributed by atoms with Crippen LogP contribution in [0.5, 0.6) is 5.75 Å². The van der Waals surface area contributed by atoms with Crippen molar-refractivity contribution in [3.63, 3.8) is 0 Å². The number of aromatic nitrogens is 1. The summed E-state index contributed by atoms with van der Waals surface area (Å²) < 4.78 is 5.72. The number of amides is 1. The third-order valence-electron chi connectivity index (χ3n) is 3.53. The lowest BCUT2D eigenvalue weighted by Crippen LogP contribution is -2.13. The maximum Gasteiger partial charge on any atom is 0.268 e. The van der Waals surface area contributed by atoms with E-state index in [1.807, 2.05) is 30.3 Å². The molecule has 7 heteroatoms. The summed E-state index contributed by atoms with van der Waals surface area (Å²) in [5.41, 5.74) is 1.73. The molecule has 0 saturated heterocycles. The third-order valence-corrected chi connectivity index (χ3v) is 4.47. The van der Waals surface area contributed by atoms with Crippen LogP contribution in [0.25, 0.3) is 6.08 Å². The normalized spacial score (nSPS) is 10.9. The van der Waals surface area contributed by atoms with Crippen LogP contribution in [-0.4, -0.2) is 10.9 Å². The molecule has 134 valence electrons. The first-order valence-electron chi connectivity index (χ1n) is 7.94. The first-order valence-corrected chi connectivity index (χ1v) is 9.20. The summed E-state index contributed by atoms with van der Waals surface area (Å²) in [4.78, 5) is 16.1. The first kappa shape index (κ1) is 18.6. The molecular weight excluding hydrogens is 382 g/mol. The minimum absolute atomic E-state index is 0.0000302. The van der Waals surface area contributed by atoms with Crippen molar-refractivity contribution in [2.75, 3.05) is 5.32 Å². The monoisotopic (exact) mass is 395 g/mol. The van der Waals surface area contributed by atoms with Gasteiger partial charge in [-0.05, 0) is 41.5 Å². The number of halogens is 1.